The highest BCUT2D eigenvalue weighted by molar-refractivity contribution is 5.92. The van der Waals surface area contributed by atoms with Crippen LogP contribution in [0.3, 0.4) is 0 Å². The van der Waals surface area contributed by atoms with Crippen LogP contribution in [0.4, 0.5) is 0 Å². The second kappa shape index (κ2) is 7.54. The highest BCUT2D eigenvalue weighted by Crippen LogP contribution is 2.12. The summed E-state index contributed by atoms with van der Waals surface area (Å²) in [7, 11) is 0. The SMILES string of the molecule is CCCCCCOc1ccc(C(N)=[NH+]O)cc1. The zero-order chi connectivity index (χ0) is 12.5. The molecule has 1 aromatic rings. The van der Waals surface area contributed by atoms with E-state index < -0.39 is 0 Å². The predicted molar refractivity (Wildman–Crippen MR) is 67.1 cm³/mol. The quantitative estimate of drug-likeness (QED) is 0.216. The van der Waals surface area contributed by atoms with E-state index in [2.05, 4.69) is 6.92 Å². The lowest BCUT2D eigenvalue weighted by atomic mass is 10.2. The third-order valence-electron chi connectivity index (χ3n) is 2.55. The van der Waals surface area contributed by atoms with Crippen LogP contribution in [0.5, 0.6) is 5.75 Å². The molecule has 0 saturated carbocycles. The fourth-order valence-electron chi connectivity index (χ4n) is 1.51. The maximum atomic E-state index is 8.64. The van der Waals surface area contributed by atoms with Crippen molar-refractivity contribution < 1.29 is 15.1 Å². The van der Waals surface area contributed by atoms with Crippen LogP contribution in [0.2, 0.25) is 0 Å². The number of nitrogen functional groups attached to an aromatic ring is 1. The van der Waals surface area contributed by atoms with Crippen LogP contribution in [0, 0.1) is 0 Å². The van der Waals surface area contributed by atoms with Gasteiger partial charge in [-0.1, -0.05) is 31.3 Å². The minimum Gasteiger partial charge on any atom is -0.494 e. The molecule has 0 bridgehead atoms. The molecule has 94 valence electrons. The Morgan fingerprint density at radius 1 is 1.24 bits per heavy atom. The zero-order valence-corrected chi connectivity index (χ0v) is 10.3. The summed E-state index contributed by atoms with van der Waals surface area (Å²) in [4.78, 5) is 0. The number of unbranched alkanes of at least 4 members (excludes halogenated alkanes) is 3. The molecule has 4 nitrogen and oxygen atoms in total. The molecule has 4 N–H and O–H groups in total. The number of hydrogen-bond donors (Lipinski definition) is 3. The molecule has 0 aliphatic rings. The molecule has 0 aromatic heterocycles. The van der Waals surface area contributed by atoms with Crippen molar-refractivity contribution in [3.05, 3.63) is 29.8 Å². The Kier molecular flexibility index (Phi) is 5.93. The van der Waals surface area contributed by atoms with E-state index in [9.17, 15) is 0 Å². The van der Waals surface area contributed by atoms with E-state index in [0.717, 1.165) is 24.3 Å². The van der Waals surface area contributed by atoms with Crippen molar-refractivity contribution in [2.75, 3.05) is 6.61 Å². The van der Waals surface area contributed by atoms with Gasteiger partial charge in [0.05, 0.1) is 12.2 Å². The lowest BCUT2D eigenvalue weighted by molar-refractivity contribution is -0.737. The Balaban J connectivity index is 2.35. The molecule has 0 radical (unpaired) electrons. The number of amidine groups is 1. The molecule has 0 saturated heterocycles. The van der Waals surface area contributed by atoms with Crippen molar-refractivity contribution in [2.24, 2.45) is 5.73 Å². The third kappa shape index (κ3) is 4.76. The molecule has 0 fully saturated rings. The number of nitrogens with one attached hydrogen (secondary N) is 1. The standard InChI is InChI=1S/C13H20N2O2/c1-2-3-4-5-10-17-12-8-6-11(7-9-12)13(14)15-16/h6-9,16H,2-5,10H2,1H3,(H2,14,15)/p+1. The molecule has 17 heavy (non-hydrogen) atoms. The normalized spacial score (nSPS) is 11.5. The molecule has 0 spiro atoms. The summed E-state index contributed by atoms with van der Waals surface area (Å²) >= 11 is 0. The maximum Gasteiger partial charge on any atom is 0.311 e. The minimum absolute atomic E-state index is 0.236. The Morgan fingerprint density at radius 2 is 1.94 bits per heavy atom. The average molecular weight is 237 g/mol. The lowest BCUT2D eigenvalue weighted by Crippen LogP contribution is -2.71. The second-order valence-electron chi connectivity index (χ2n) is 3.96. The van der Waals surface area contributed by atoms with Crippen LogP contribution in [-0.4, -0.2) is 17.6 Å². The predicted octanol–water partition coefficient (Wildman–Crippen LogP) is 0.821. The first-order chi connectivity index (χ1) is 8.27. The van der Waals surface area contributed by atoms with Crippen LogP contribution in [-0.2, 0) is 0 Å². The van der Waals surface area contributed by atoms with Crippen LogP contribution in [0.1, 0.15) is 38.2 Å². The number of benzene rings is 1. The van der Waals surface area contributed by atoms with Gasteiger partial charge in [-0.15, -0.1) is 0 Å². The van der Waals surface area contributed by atoms with Gasteiger partial charge in [-0.2, -0.15) is 0 Å². The number of hydrogen-bond acceptors (Lipinski definition) is 2. The molecular formula is C13H21N2O2+. The molecule has 0 atom stereocenters. The second-order valence-corrected chi connectivity index (χ2v) is 3.96. The first-order valence-electron chi connectivity index (χ1n) is 6.03. The summed E-state index contributed by atoms with van der Waals surface area (Å²) in [5.74, 6) is 1.07. The van der Waals surface area contributed by atoms with Gasteiger partial charge in [-0.05, 0) is 30.7 Å². The Hall–Kier alpha value is -1.71. The van der Waals surface area contributed by atoms with E-state index in [1.165, 1.54) is 19.3 Å². The fourth-order valence-corrected chi connectivity index (χ4v) is 1.51. The monoisotopic (exact) mass is 237 g/mol. The van der Waals surface area contributed by atoms with Gasteiger partial charge in [0.1, 0.15) is 5.75 Å². The highest BCUT2D eigenvalue weighted by atomic mass is 16.5. The number of nitrogens with two attached hydrogens (primary N) is 1. The van der Waals surface area contributed by atoms with Crippen molar-refractivity contribution in [1.29, 1.82) is 0 Å². The van der Waals surface area contributed by atoms with Gasteiger partial charge in [-0.25, -0.2) is 0 Å². The Bertz CT molecular complexity index is 347. The smallest absolute Gasteiger partial charge is 0.311 e. The molecule has 0 heterocycles. The topological polar surface area (TPSA) is 69.5 Å². The minimum atomic E-state index is 0.236. The summed E-state index contributed by atoms with van der Waals surface area (Å²) in [6.07, 6.45) is 4.79. The van der Waals surface area contributed by atoms with E-state index in [1.807, 2.05) is 17.3 Å². The van der Waals surface area contributed by atoms with Gasteiger partial charge >= 0.3 is 5.84 Å². The summed E-state index contributed by atoms with van der Waals surface area (Å²) < 4.78 is 5.59. The molecule has 0 unspecified atom stereocenters. The van der Waals surface area contributed by atoms with Gasteiger partial charge in [0.25, 0.3) is 0 Å². The molecule has 4 heteroatoms. The third-order valence-corrected chi connectivity index (χ3v) is 2.55. The summed E-state index contributed by atoms with van der Waals surface area (Å²) in [5.41, 5.74) is 6.26. The first kappa shape index (κ1) is 13.4. The van der Waals surface area contributed by atoms with Crippen LogP contribution < -0.4 is 15.6 Å². The van der Waals surface area contributed by atoms with Gasteiger partial charge in [-0.3, -0.25) is 5.73 Å². The molecule has 1 aromatic carbocycles. The number of rotatable bonds is 7. The molecule has 0 amide bonds. The summed E-state index contributed by atoms with van der Waals surface area (Å²) in [6.45, 7) is 2.94. The van der Waals surface area contributed by atoms with Crippen molar-refractivity contribution in [3.63, 3.8) is 0 Å². The van der Waals surface area contributed by atoms with Crippen molar-refractivity contribution >= 4 is 5.84 Å². The maximum absolute atomic E-state index is 8.64. The Labute approximate surface area is 102 Å². The summed E-state index contributed by atoms with van der Waals surface area (Å²) in [5, 5.41) is 10.6. The van der Waals surface area contributed by atoms with Crippen molar-refractivity contribution in [3.8, 4) is 5.75 Å². The summed E-state index contributed by atoms with van der Waals surface area (Å²) in [6, 6.07) is 7.30. The molecular weight excluding hydrogens is 216 g/mol. The van der Waals surface area contributed by atoms with Gasteiger partial charge in [0, 0.05) is 0 Å². The average Bonchev–Trinajstić information content (AvgIpc) is 2.38. The largest absolute Gasteiger partial charge is 0.494 e. The van der Waals surface area contributed by atoms with Crippen LogP contribution in [0.25, 0.3) is 0 Å². The van der Waals surface area contributed by atoms with E-state index >= 15 is 0 Å². The van der Waals surface area contributed by atoms with Crippen molar-refractivity contribution in [2.45, 2.75) is 32.6 Å². The van der Waals surface area contributed by atoms with E-state index in [0.29, 0.717) is 0 Å². The van der Waals surface area contributed by atoms with Gasteiger partial charge in [0.15, 0.2) is 0 Å². The van der Waals surface area contributed by atoms with Gasteiger partial charge < -0.3 is 9.94 Å². The van der Waals surface area contributed by atoms with Crippen molar-refractivity contribution in [1.82, 2.24) is 0 Å². The molecule has 0 aliphatic carbocycles. The van der Waals surface area contributed by atoms with Crippen LogP contribution in [0.15, 0.2) is 24.3 Å². The Morgan fingerprint density at radius 3 is 2.53 bits per heavy atom. The first-order valence-corrected chi connectivity index (χ1v) is 6.03. The molecule has 1 rings (SSSR count). The zero-order valence-electron chi connectivity index (χ0n) is 10.3. The van der Waals surface area contributed by atoms with E-state index in [-0.39, 0.29) is 5.84 Å². The highest BCUT2D eigenvalue weighted by Gasteiger charge is 2.03. The fraction of sp³-hybridized carbons (Fsp3) is 0.462. The number of ether oxygens (including phenoxy) is 1. The van der Waals surface area contributed by atoms with Crippen LogP contribution >= 0.6 is 0 Å². The lowest BCUT2D eigenvalue weighted by Gasteiger charge is -2.05. The van der Waals surface area contributed by atoms with E-state index in [4.69, 9.17) is 15.7 Å². The molecule has 0 aliphatic heterocycles. The van der Waals surface area contributed by atoms with Gasteiger partial charge in [0.2, 0.25) is 0 Å². The van der Waals surface area contributed by atoms with E-state index in [1.54, 1.807) is 12.1 Å².